The van der Waals surface area contributed by atoms with Gasteiger partial charge in [0, 0.05) is 0 Å². The molecule has 0 radical (unpaired) electrons. The van der Waals surface area contributed by atoms with E-state index in [-0.39, 0.29) is 11.3 Å². The Kier molecular flexibility index (Phi) is 2.98. The third-order valence-electron chi connectivity index (χ3n) is 2.35. The van der Waals surface area contributed by atoms with Crippen LogP contribution >= 0.6 is 0 Å². The van der Waals surface area contributed by atoms with Crippen molar-refractivity contribution in [1.29, 1.82) is 0 Å². The Bertz CT molecular complexity index is 374. The lowest BCUT2D eigenvalue weighted by Gasteiger charge is -2.24. The largest absolute Gasteiger partial charge is 0.508 e. The van der Waals surface area contributed by atoms with Crippen LogP contribution in [0.4, 0.5) is 4.39 Å². The maximum Gasteiger partial charge on any atom is 0.312 e. The van der Waals surface area contributed by atoms with Gasteiger partial charge in [0.25, 0.3) is 0 Å². The van der Waals surface area contributed by atoms with Crippen LogP contribution in [-0.2, 0) is 4.79 Å². The van der Waals surface area contributed by atoms with Gasteiger partial charge >= 0.3 is 5.97 Å². The van der Waals surface area contributed by atoms with Crippen molar-refractivity contribution in [3.8, 4) is 5.75 Å². The summed E-state index contributed by atoms with van der Waals surface area (Å²) in [5, 5.41) is 18.0. The van der Waals surface area contributed by atoms with E-state index in [1.54, 1.807) is 0 Å². The highest BCUT2D eigenvalue weighted by Gasteiger charge is 2.38. The molecule has 1 aromatic rings. The van der Waals surface area contributed by atoms with E-state index >= 15 is 0 Å². The van der Waals surface area contributed by atoms with Gasteiger partial charge in [0.1, 0.15) is 11.9 Å². The first-order valence-corrected chi connectivity index (χ1v) is 4.52. The summed E-state index contributed by atoms with van der Waals surface area (Å²) < 4.78 is 13.9. The maximum atomic E-state index is 13.9. The molecular formula is C11H13FO3. The third-order valence-corrected chi connectivity index (χ3v) is 2.35. The lowest BCUT2D eigenvalue weighted by Crippen LogP contribution is -2.29. The number of aliphatic carboxylic acids is 1. The molecule has 0 aliphatic heterocycles. The summed E-state index contributed by atoms with van der Waals surface area (Å²) in [6, 6.07) is 5.57. The SMILES string of the molecule is CC(C)(C(=O)O)C(F)c1cccc(O)c1. The fourth-order valence-electron chi connectivity index (χ4n) is 1.21. The van der Waals surface area contributed by atoms with Crippen LogP contribution < -0.4 is 0 Å². The van der Waals surface area contributed by atoms with Gasteiger partial charge in [-0.05, 0) is 31.5 Å². The van der Waals surface area contributed by atoms with E-state index < -0.39 is 17.6 Å². The summed E-state index contributed by atoms with van der Waals surface area (Å²) in [4.78, 5) is 10.8. The fraction of sp³-hybridized carbons (Fsp3) is 0.364. The average molecular weight is 212 g/mol. The number of carboxylic acid groups (broad SMARTS) is 1. The van der Waals surface area contributed by atoms with Crippen LogP contribution in [0.5, 0.6) is 5.75 Å². The molecule has 1 rings (SSSR count). The summed E-state index contributed by atoms with van der Waals surface area (Å²) in [6.45, 7) is 2.62. The molecule has 0 heterocycles. The van der Waals surface area contributed by atoms with Crippen LogP contribution in [0.25, 0.3) is 0 Å². The van der Waals surface area contributed by atoms with E-state index in [1.165, 1.54) is 38.1 Å². The van der Waals surface area contributed by atoms with Gasteiger partial charge in [-0.25, -0.2) is 4.39 Å². The first kappa shape index (κ1) is 11.5. The number of alkyl halides is 1. The summed E-state index contributed by atoms with van der Waals surface area (Å²) in [5.41, 5.74) is -1.34. The number of halogens is 1. The number of benzene rings is 1. The van der Waals surface area contributed by atoms with Crippen molar-refractivity contribution in [3.05, 3.63) is 29.8 Å². The molecule has 0 fully saturated rings. The number of rotatable bonds is 3. The minimum atomic E-state index is -1.65. The zero-order valence-corrected chi connectivity index (χ0v) is 8.57. The number of carboxylic acids is 1. The number of hydrogen-bond acceptors (Lipinski definition) is 2. The molecule has 4 heteroatoms. The molecule has 2 N–H and O–H groups in total. The van der Waals surface area contributed by atoms with Crippen LogP contribution in [0.3, 0.4) is 0 Å². The van der Waals surface area contributed by atoms with E-state index in [4.69, 9.17) is 10.2 Å². The molecule has 82 valence electrons. The van der Waals surface area contributed by atoms with Crippen molar-refractivity contribution in [2.75, 3.05) is 0 Å². The van der Waals surface area contributed by atoms with Crippen LogP contribution in [0.15, 0.2) is 24.3 Å². The monoisotopic (exact) mass is 212 g/mol. The van der Waals surface area contributed by atoms with Crippen molar-refractivity contribution >= 4 is 5.97 Å². The van der Waals surface area contributed by atoms with Crippen LogP contribution in [-0.4, -0.2) is 16.2 Å². The van der Waals surface area contributed by atoms with E-state index in [1.807, 2.05) is 0 Å². The Morgan fingerprint density at radius 1 is 1.47 bits per heavy atom. The third kappa shape index (κ3) is 2.26. The van der Waals surface area contributed by atoms with Gasteiger partial charge < -0.3 is 10.2 Å². The molecule has 0 bridgehead atoms. The Morgan fingerprint density at radius 2 is 2.07 bits per heavy atom. The van der Waals surface area contributed by atoms with Crippen molar-refractivity contribution in [1.82, 2.24) is 0 Å². The predicted octanol–water partition coefficient (Wildman–Crippen LogP) is 2.51. The fourth-order valence-corrected chi connectivity index (χ4v) is 1.21. The van der Waals surface area contributed by atoms with Gasteiger partial charge in [0.2, 0.25) is 0 Å². The van der Waals surface area contributed by atoms with E-state index in [0.717, 1.165) is 0 Å². The second-order valence-corrected chi connectivity index (χ2v) is 3.98. The lowest BCUT2D eigenvalue weighted by molar-refractivity contribution is -0.150. The van der Waals surface area contributed by atoms with Crippen molar-refractivity contribution in [3.63, 3.8) is 0 Å². The number of hydrogen-bond donors (Lipinski definition) is 2. The van der Waals surface area contributed by atoms with E-state index in [0.29, 0.717) is 0 Å². The van der Waals surface area contributed by atoms with Gasteiger partial charge in [-0.2, -0.15) is 0 Å². The minimum absolute atomic E-state index is 0.0728. The lowest BCUT2D eigenvalue weighted by atomic mass is 9.84. The summed E-state index contributed by atoms with van der Waals surface area (Å²) in [5.74, 6) is -1.28. The Labute approximate surface area is 87.2 Å². The predicted molar refractivity (Wildman–Crippen MR) is 53.4 cm³/mol. The number of phenols is 1. The highest BCUT2D eigenvalue weighted by molar-refractivity contribution is 5.74. The highest BCUT2D eigenvalue weighted by atomic mass is 19.1. The topological polar surface area (TPSA) is 57.5 Å². The molecule has 15 heavy (non-hydrogen) atoms. The quantitative estimate of drug-likeness (QED) is 0.809. The first-order valence-electron chi connectivity index (χ1n) is 4.52. The van der Waals surface area contributed by atoms with Crippen molar-refractivity contribution in [2.45, 2.75) is 20.0 Å². The number of phenolic OH excluding ortho intramolecular Hbond substituents is 1. The summed E-state index contributed by atoms with van der Waals surface area (Å²) >= 11 is 0. The van der Waals surface area contributed by atoms with Gasteiger partial charge in [0.15, 0.2) is 0 Å². The van der Waals surface area contributed by atoms with Crippen LogP contribution in [0, 0.1) is 5.41 Å². The Balaban J connectivity index is 3.04. The van der Waals surface area contributed by atoms with Gasteiger partial charge in [-0.15, -0.1) is 0 Å². The smallest absolute Gasteiger partial charge is 0.312 e. The zero-order valence-electron chi connectivity index (χ0n) is 8.57. The van der Waals surface area contributed by atoms with E-state index in [9.17, 15) is 9.18 Å². The summed E-state index contributed by atoms with van der Waals surface area (Å²) in [6.07, 6.45) is -1.65. The van der Waals surface area contributed by atoms with Crippen molar-refractivity contribution < 1.29 is 19.4 Å². The van der Waals surface area contributed by atoms with Gasteiger partial charge in [-0.1, -0.05) is 12.1 Å². The molecule has 1 unspecified atom stereocenters. The molecule has 1 atom stereocenters. The van der Waals surface area contributed by atoms with E-state index in [2.05, 4.69) is 0 Å². The molecule has 3 nitrogen and oxygen atoms in total. The van der Waals surface area contributed by atoms with Crippen LogP contribution in [0.1, 0.15) is 25.6 Å². The molecule has 0 saturated carbocycles. The number of carbonyl (C=O) groups is 1. The molecule has 0 aliphatic carbocycles. The average Bonchev–Trinajstić information content (AvgIpc) is 2.16. The molecule has 0 saturated heterocycles. The second kappa shape index (κ2) is 3.88. The standard InChI is InChI=1S/C11H13FO3/c1-11(2,10(14)15)9(12)7-4-3-5-8(13)6-7/h3-6,9,13H,1-2H3,(H,14,15). The van der Waals surface area contributed by atoms with Crippen molar-refractivity contribution in [2.24, 2.45) is 5.41 Å². The minimum Gasteiger partial charge on any atom is -0.508 e. The first-order chi connectivity index (χ1) is 6.85. The second-order valence-electron chi connectivity index (χ2n) is 3.98. The molecule has 0 amide bonds. The summed E-state index contributed by atoms with van der Waals surface area (Å²) in [7, 11) is 0. The van der Waals surface area contributed by atoms with Crippen LogP contribution in [0.2, 0.25) is 0 Å². The maximum absolute atomic E-state index is 13.9. The molecule has 0 spiro atoms. The van der Waals surface area contributed by atoms with Gasteiger partial charge in [0.05, 0.1) is 5.41 Å². The van der Waals surface area contributed by atoms with Gasteiger partial charge in [-0.3, -0.25) is 4.79 Å². The highest BCUT2D eigenvalue weighted by Crippen LogP contribution is 2.37. The Hall–Kier alpha value is -1.58. The molecular weight excluding hydrogens is 199 g/mol. The Morgan fingerprint density at radius 3 is 2.53 bits per heavy atom. The molecule has 0 aromatic heterocycles. The molecule has 0 aliphatic rings. The number of aromatic hydroxyl groups is 1. The zero-order chi connectivity index (χ0) is 11.6. The molecule has 1 aromatic carbocycles. The normalized spacial score (nSPS) is 13.5.